The van der Waals surface area contributed by atoms with Gasteiger partial charge in [-0.05, 0) is 55.6 Å². The van der Waals surface area contributed by atoms with Gasteiger partial charge in [0.2, 0.25) is 5.95 Å². The average Bonchev–Trinajstić information content (AvgIpc) is 3.57. The molecule has 4 nitrogen and oxygen atoms in total. The van der Waals surface area contributed by atoms with E-state index in [1.807, 2.05) is 36.4 Å². The Balaban J connectivity index is 1.44. The molecule has 46 heavy (non-hydrogen) atoms. The molecule has 0 unspecified atom stereocenters. The van der Waals surface area contributed by atoms with E-state index >= 15 is 0 Å². The second-order valence-electron chi connectivity index (χ2n) is 12.8. The molecule has 7 aromatic carbocycles. The van der Waals surface area contributed by atoms with E-state index in [4.69, 9.17) is 15.0 Å². The largest absolute Gasteiger partial charge is 0.278 e. The van der Waals surface area contributed by atoms with Gasteiger partial charge in [-0.25, -0.2) is 4.98 Å². The normalized spacial score (nSPS) is 13.6. The highest BCUT2D eigenvalue weighted by Crippen LogP contribution is 2.53. The second kappa shape index (κ2) is 9.09. The van der Waals surface area contributed by atoms with Gasteiger partial charge in [0.25, 0.3) is 0 Å². The molecule has 0 spiro atoms. The summed E-state index contributed by atoms with van der Waals surface area (Å²) >= 11 is 0. The lowest BCUT2D eigenvalue weighted by Gasteiger charge is -2.22. The van der Waals surface area contributed by atoms with Crippen molar-refractivity contribution < 1.29 is 0 Å². The highest BCUT2D eigenvalue weighted by Gasteiger charge is 2.35. The maximum absolute atomic E-state index is 5.19. The van der Waals surface area contributed by atoms with E-state index in [1.54, 1.807) is 0 Å². The number of nitrogens with zero attached hydrogens (tertiary/aromatic N) is 4. The van der Waals surface area contributed by atoms with Crippen LogP contribution in [0.3, 0.4) is 0 Å². The number of hydrogen-bond acceptors (Lipinski definition) is 3. The van der Waals surface area contributed by atoms with E-state index in [1.165, 1.54) is 54.2 Å². The molecule has 1 aliphatic rings. The van der Waals surface area contributed by atoms with E-state index in [0.717, 1.165) is 22.2 Å². The van der Waals surface area contributed by atoms with Crippen LogP contribution in [0, 0.1) is 0 Å². The van der Waals surface area contributed by atoms with Gasteiger partial charge in [0.15, 0.2) is 11.6 Å². The molecule has 0 aliphatic heterocycles. The SMILES string of the molecule is CC1(C)c2cccc3c4ccccc4c4cccc5c4c4c(c1ccc4n5-c1nc(-c4ccccc4)nc(-c4ccccc4)n1)c23. The van der Waals surface area contributed by atoms with Crippen LogP contribution < -0.4 is 0 Å². The van der Waals surface area contributed by atoms with E-state index in [2.05, 4.69) is 115 Å². The van der Waals surface area contributed by atoms with E-state index in [9.17, 15) is 0 Å². The fourth-order valence-corrected chi connectivity index (χ4v) is 7.93. The van der Waals surface area contributed by atoms with Crippen LogP contribution >= 0.6 is 0 Å². The zero-order chi connectivity index (χ0) is 30.6. The zero-order valence-electron chi connectivity index (χ0n) is 25.5. The van der Waals surface area contributed by atoms with Crippen molar-refractivity contribution in [1.29, 1.82) is 0 Å². The van der Waals surface area contributed by atoms with Crippen molar-refractivity contribution in [2.45, 2.75) is 19.3 Å². The van der Waals surface area contributed by atoms with Gasteiger partial charge in [-0.1, -0.05) is 135 Å². The number of benzene rings is 6. The first kappa shape index (κ1) is 25.5. The summed E-state index contributed by atoms with van der Waals surface area (Å²) in [5, 5.41) is 10.2. The van der Waals surface area contributed by atoms with Crippen LogP contribution in [0.25, 0.3) is 82.8 Å². The lowest BCUT2D eigenvalue weighted by atomic mass is 9.81. The molecular weight excluding hydrogens is 560 g/mol. The minimum absolute atomic E-state index is 0.133. The lowest BCUT2D eigenvalue weighted by molar-refractivity contribution is 0.663. The first-order valence-corrected chi connectivity index (χ1v) is 15.8. The third kappa shape index (κ3) is 3.30. The minimum atomic E-state index is -0.133. The Morgan fingerprint density at radius 3 is 1.59 bits per heavy atom. The summed E-state index contributed by atoms with van der Waals surface area (Å²) in [5.74, 6) is 1.92. The molecule has 0 saturated carbocycles. The second-order valence-corrected chi connectivity index (χ2v) is 12.8. The van der Waals surface area contributed by atoms with Gasteiger partial charge < -0.3 is 0 Å². The van der Waals surface area contributed by atoms with Gasteiger partial charge >= 0.3 is 0 Å². The molecule has 0 fully saturated rings. The Bertz CT molecular complexity index is 2650. The van der Waals surface area contributed by atoms with Crippen LogP contribution in [-0.4, -0.2) is 19.5 Å². The number of fused-ring (bicyclic) bond motifs is 3. The van der Waals surface area contributed by atoms with Crippen LogP contribution in [0.15, 0.2) is 133 Å². The minimum Gasteiger partial charge on any atom is -0.278 e. The Labute approximate surface area is 265 Å². The molecule has 2 aromatic heterocycles. The summed E-state index contributed by atoms with van der Waals surface area (Å²) in [4.78, 5) is 15.4. The average molecular weight is 589 g/mol. The van der Waals surface area contributed by atoms with E-state index in [0.29, 0.717) is 17.6 Å². The summed E-state index contributed by atoms with van der Waals surface area (Å²) < 4.78 is 2.26. The molecule has 1 aliphatic carbocycles. The Hall–Kier alpha value is -5.87. The van der Waals surface area contributed by atoms with Crippen LogP contribution in [0.2, 0.25) is 0 Å². The quantitative estimate of drug-likeness (QED) is 0.206. The molecule has 0 amide bonds. The molecule has 216 valence electrons. The third-order valence-corrected chi connectivity index (χ3v) is 10.0. The summed E-state index contributed by atoms with van der Waals surface area (Å²) in [6.07, 6.45) is 0. The molecule has 10 rings (SSSR count). The van der Waals surface area contributed by atoms with Gasteiger partial charge in [-0.3, -0.25) is 4.57 Å². The highest BCUT2D eigenvalue weighted by atomic mass is 15.2. The maximum atomic E-state index is 5.19. The summed E-state index contributed by atoms with van der Waals surface area (Å²) in [5.41, 5.74) is 6.71. The van der Waals surface area contributed by atoms with Crippen LogP contribution in [0.4, 0.5) is 0 Å². The number of rotatable bonds is 3. The zero-order valence-corrected chi connectivity index (χ0v) is 25.5. The van der Waals surface area contributed by atoms with Gasteiger partial charge in [-0.2, -0.15) is 9.97 Å². The Morgan fingerprint density at radius 2 is 0.935 bits per heavy atom. The molecule has 0 atom stereocenters. The molecule has 0 saturated heterocycles. The van der Waals surface area contributed by atoms with Gasteiger partial charge in [0.1, 0.15) is 0 Å². The Morgan fingerprint density at radius 1 is 0.413 bits per heavy atom. The number of aromatic nitrogens is 4. The standard InChI is InChI=1S/C42H28N4/c1-42(2)31-21-11-19-29-27-17-9-10-18-28(27)30-20-12-22-33-36(30)38-34(24-23-32(42)37(38)35(29)31)46(33)41-44-39(25-13-5-3-6-14-25)43-40(45-41)26-15-7-4-8-16-26/h3-24H,1-2H3. The summed E-state index contributed by atoms with van der Waals surface area (Å²) in [7, 11) is 0. The van der Waals surface area contributed by atoms with Crippen LogP contribution in [0.5, 0.6) is 0 Å². The predicted octanol–water partition coefficient (Wildman–Crippen LogP) is 10.4. The van der Waals surface area contributed by atoms with Crippen molar-refractivity contribution in [3.8, 4) is 28.7 Å². The van der Waals surface area contributed by atoms with E-state index < -0.39 is 0 Å². The molecular formula is C42H28N4. The molecule has 9 aromatic rings. The fourth-order valence-electron chi connectivity index (χ4n) is 7.93. The van der Waals surface area contributed by atoms with Crippen molar-refractivity contribution in [3.05, 3.63) is 145 Å². The van der Waals surface area contributed by atoms with Crippen LogP contribution in [-0.2, 0) is 5.41 Å². The van der Waals surface area contributed by atoms with Crippen LogP contribution in [0.1, 0.15) is 25.0 Å². The first-order valence-electron chi connectivity index (χ1n) is 15.8. The maximum Gasteiger partial charge on any atom is 0.238 e. The monoisotopic (exact) mass is 588 g/mol. The van der Waals surface area contributed by atoms with Crippen molar-refractivity contribution in [3.63, 3.8) is 0 Å². The lowest BCUT2D eigenvalue weighted by Crippen LogP contribution is -2.15. The first-order chi connectivity index (χ1) is 22.6. The van der Waals surface area contributed by atoms with Crippen molar-refractivity contribution >= 4 is 54.1 Å². The van der Waals surface area contributed by atoms with Gasteiger partial charge in [0, 0.05) is 27.3 Å². The molecule has 4 heteroatoms. The van der Waals surface area contributed by atoms with Gasteiger partial charge in [0.05, 0.1) is 11.0 Å². The topological polar surface area (TPSA) is 43.6 Å². The Kier molecular flexibility index (Phi) is 5.03. The fraction of sp³-hybridized carbons (Fsp3) is 0.0714. The number of hydrogen-bond donors (Lipinski definition) is 0. The predicted molar refractivity (Wildman–Crippen MR) is 190 cm³/mol. The molecule has 0 bridgehead atoms. The van der Waals surface area contributed by atoms with Crippen molar-refractivity contribution in [2.75, 3.05) is 0 Å². The summed E-state index contributed by atoms with van der Waals surface area (Å²) in [6, 6.07) is 47.4. The molecule has 0 radical (unpaired) electrons. The van der Waals surface area contributed by atoms with Gasteiger partial charge in [-0.15, -0.1) is 0 Å². The summed E-state index contributed by atoms with van der Waals surface area (Å²) in [6.45, 7) is 4.73. The molecule has 0 N–H and O–H groups in total. The van der Waals surface area contributed by atoms with Crippen molar-refractivity contribution in [1.82, 2.24) is 19.5 Å². The third-order valence-electron chi connectivity index (χ3n) is 10.0. The van der Waals surface area contributed by atoms with Crippen molar-refractivity contribution in [2.24, 2.45) is 0 Å². The smallest absolute Gasteiger partial charge is 0.238 e. The molecule has 2 heterocycles. The van der Waals surface area contributed by atoms with E-state index in [-0.39, 0.29) is 5.41 Å². The highest BCUT2D eigenvalue weighted by molar-refractivity contribution is 6.35.